The molecular weight excluding hydrogens is 841 g/mol. The number of sulfone groups is 2. The molecule has 2 aliphatic heterocycles. The number of hydrogen-bond donors (Lipinski definition) is 3. The van der Waals surface area contributed by atoms with E-state index in [1.54, 1.807) is 47.8 Å². The van der Waals surface area contributed by atoms with Gasteiger partial charge >= 0.3 is 5.69 Å². The molecule has 2 aliphatic rings. The highest BCUT2D eigenvalue weighted by Gasteiger charge is 2.32. The summed E-state index contributed by atoms with van der Waals surface area (Å²) >= 11 is 0. The number of ether oxygens (including phenoxy) is 2. The Morgan fingerprint density at radius 2 is 1.13 bits per heavy atom. The van der Waals surface area contributed by atoms with Crippen LogP contribution in [-0.4, -0.2) is 112 Å². The third kappa shape index (κ3) is 10.4. The fraction of sp³-hybridized carbons (Fsp3) is 0.350. The van der Waals surface area contributed by atoms with E-state index in [1.807, 2.05) is 24.4 Å². The largest absolute Gasteiger partial charge is 0.395 e. The summed E-state index contributed by atoms with van der Waals surface area (Å²) in [5.41, 5.74) is 22.0. The maximum atomic E-state index is 11.6. The van der Waals surface area contributed by atoms with Crippen molar-refractivity contribution in [2.45, 2.75) is 24.7 Å². The molecule has 6 aromatic heterocycles. The van der Waals surface area contributed by atoms with Crippen LogP contribution in [0.1, 0.15) is 35.8 Å². The Hall–Kier alpha value is -6.36. The number of nitrogens with zero attached hydrogens (tertiary/aromatic N) is 9. The van der Waals surface area contributed by atoms with Gasteiger partial charge < -0.3 is 26.7 Å². The lowest BCUT2D eigenvalue weighted by Gasteiger charge is -2.34. The van der Waals surface area contributed by atoms with Crippen molar-refractivity contribution < 1.29 is 31.2 Å². The van der Waals surface area contributed by atoms with Gasteiger partial charge in [0.15, 0.2) is 11.6 Å². The number of aromatic nitrogens is 8. The molecular formula is C40H46N12O8S2. The zero-order valence-corrected chi connectivity index (χ0v) is 35.5. The normalized spacial score (nSPS) is 15.5. The summed E-state index contributed by atoms with van der Waals surface area (Å²) < 4.78 is 60.3. The van der Waals surface area contributed by atoms with Crippen LogP contribution in [0.15, 0.2) is 86.0 Å². The molecule has 8 rings (SSSR count). The summed E-state index contributed by atoms with van der Waals surface area (Å²) in [5.74, 6) is 2.26. The average Bonchev–Trinajstić information content (AvgIpc) is 3.89. The van der Waals surface area contributed by atoms with Gasteiger partial charge in [0.25, 0.3) is 0 Å². The minimum atomic E-state index is -3.07. The maximum Gasteiger partial charge on any atom is 0.319 e. The van der Waals surface area contributed by atoms with Crippen LogP contribution in [0.2, 0.25) is 0 Å². The van der Waals surface area contributed by atoms with E-state index in [9.17, 15) is 26.9 Å². The van der Waals surface area contributed by atoms with E-state index in [-0.39, 0.29) is 46.6 Å². The van der Waals surface area contributed by atoms with Crippen molar-refractivity contribution in [3.63, 3.8) is 0 Å². The summed E-state index contributed by atoms with van der Waals surface area (Å²) in [7, 11) is -6.09. The third-order valence-electron chi connectivity index (χ3n) is 10.9. The van der Waals surface area contributed by atoms with E-state index < -0.39 is 24.6 Å². The summed E-state index contributed by atoms with van der Waals surface area (Å²) in [6, 6.07) is 10.9. The van der Waals surface area contributed by atoms with E-state index >= 15 is 0 Å². The molecule has 8 heterocycles. The summed E-state index contributed by atoms with van der Waals surface area (Å²) in [4.78, 5) is 27.6. The first kappa shape index (κ1) is 43.7. The van der Waals surface area contributed by atoms with Crippen molar-refractivity contribution in [3.8, 4) is 33.9 Å². The smallest absolute Gasteiger partial charge is 0.319 e. The minimum absolute atomic E-state index is 0.0376. The van der Waals surface area contributed by atoms with E-state index in [1.165, 1.54) is 35.7 Å². The van der Waals surface area contributed by atoms with Gasteiger partial charge in [-0.2, -0.15) is 10.2 Å². The van der Waals surface area contributed by atoms with Crippen LogP contribution in [0.25, 0.3) is 33.9 Å². The van der Waals surface area contributed by atoms with Gasteiger partial charge in [-0.25, -0.2) is 46.1 Å². The lowest BCUT2D eigenvalue weighted by molar-refractivity contribution is -0.383. The quantitative estimate of drug-likeness (QED) is 0.0979. The molecule has 0 amide bonds. The maximum absolute atomic E-state index is 11.6. The molecule has 20 nitrogen and oxygen atoms in total. The molecule has 0 spiro atoms. The van der Waals surface area contributed by atoms with Crippen LogP contribution in [0.4, 0.5) is 23.0 Å². The van der Waals surface area contributed by atoms with Crippen molar-refractivity contribution in [2.75, 3.05) is 67.6 Å². The first-order valence-corrected chi connectivity index (χ1v) is 23.6. The van der Waals surface area contributed by atoms with Gasteiger partial charge in [-0.3, -0.25) is 10.1 Å². The van der Waals surface area contributed by atoms with Crippen molar-refractivity contribution in [2.24, 2.45) is 11.8 Å². The minimum Gasteiger partial charge on any atom is -0.395 e. The molecule has 2 fully saturated rings. The van der Waals surface area contributed by atoms with Crippen molar-refractivity contribution in [3.05, 3.63) is 107 Å². The zero-order chi connectivity index (χ0) is 44.2. The molecule has 6 N–H and O–H groups in total. The van der Waals surface area contributed by atoms with E-state index in [0.29, 0.717) is 73.6 Å². The Balaban J connectivity index is 0.000000187. The highest BCUT2D eigenvalue weighted by atomic mass is 32.2. The monoisotopic (exact) mass is 886 g/mol. The standard InChI is InChI=1S/C20H22N6O5S.C20H24N6O3S/c1-32(29,30)7-5-16(15-11-31-12-15)13-2-3-18(23-8-13)25-10-14(9-24-25)17-4-6-22-20(21)19(17)26(27)28;1-30(27,28)7-5-16(15-11-29-12-15)13-2-3-18(24-8-13)26-10-14(9-25-26)17-4-6-23-20(22)19(17)21/h2-4,6,8-10,15-16H,5,7,11-12H2,1H3,(H2,21,22);2-4,6,8-10,15-16H,5,7,11-12,21H2,1H3,(H2,22,23). The Kier molecular flexibility index (Phi) is 12.9. The number of hydrogen-bond acceptors (Lipinski definition) is 17. The molecule has 0 aromatic carbocycles. The predicted octanol–water partition coefficient (Wildman–Crippen LogP) is 3.64. The van der Waals surface area contributed by atoms with Gasteiger partial charge in [0, 0.05) is 78.2 Å². The highest BCUT2D eigenvalue weighted by Crippen LogP contribution is 2.36. The number of nitro groups is 1. The Labute approximate surface area is 357 Å². The third-order valence-corrected chi connectivity index (χ3v) is 12.8. The van der Waals surface area contributed by atoms with Crippen LogP contribution in [0.5, 0.6) is 0 Å². The molecule has 22 heteroatoms. The molecule has 0 saturated carbocycles. The van der Waals surface area contributed by atoms with E-state index in [4.69, 9.17) is 26.7 Å². The number of nitrogen functional groups attached to an aromatic ring is 3. The fourth-order valence-electron chi connectivity index (χ4n) is 7.32. The van der Waals surface area contributed by atoms with Crippen LogP contribution < -0.4 is 17.2 Å². The average molecular weight is 887 g/mol. The van der Waals surface area contributed by atoms with Crippen LogP contribution in [0, 0.1) is 22.0 Å². The summed E-state index contributed by atoms with van der Waals surface area (Å²) in [5, 5.41) is 20.0. The second kappa shape index (κ2) is 18.3. The highest BCUT2D eigenvalue weighted by molar-refractivity contribution is 7.90. The molecule has 6 aromatic rings. The molecule has 326 valence electrons. The first-order chi connectivity index (χ1) is 29.5. The van der Waals surface area contributed by atoms with Crippen LogP contribution in [-0.2, 0) is 29.1 Å². The van der Waals surface area contributed by atoms with Gasteiger partial charge in [-0.05, 0) is 60.1 Å². The van der Waals surface area contributed by atoms with E-state index in [2.05, 4.69) is 30.1 Å². The molecule has 0 aliphatic carbocycles. The second-order valence-electron chi connectivity index (χ2n) is 15.4. The number of rotatable bonds is 15. The van der Waals surface area contributed by atoms with Gasteiger partial charge in [0.05, 0.1) is 66.5 Å². The molecule has 0 radical (unpaired) electrons. The lowest BCUT2D eigenvalue weighted by Crippen LogP contribution is -2.34. The second-order valence-corrected chi connectivity index (χ2v) is 19.9. The van der Waals surface area contributed by atoms with Gasteiger partial charge in [-0.15, -0.1) is 0 Å². The molecule has 0 bridgehead atoms. The number of pyridine rings is 4. The van der Waals surface area contributed by atoms with Gasteiger partial charge in [-0.1, -0.05) is 12.1 Å². The van der Waals surface area contributed by atoms with Crippen LogP contribution >= 0.6 is 0 Å². The number of anilines is 3. The van der Waals surface area contributed by atoms with Gasteiger partial charge in [0.2, 0.25) is 5.82 Å². The van der Waals surface area contributed by atoms with Gasteiger partial charge in [0.1, 0.15) is 25.5 Å². The predicted molar refractivity (Wildman–Crippen MR) is 232 cm³/mol. The van der Waals surface area contributed by atoms with Crippen LogP contribution in [0.3, 0.4) is 0 Å². The van der Waals surface area contributed by atoms with Crippen molar-refractivity contribution in [1.82, 2.24) is 39.5 Å². The van der Waals surface area contributed by atoms with Crippen molar-refractivity contribution in [1.29, 1.82) is 0 Å². The summed E-state index contributed by atoms with van der Waals surface area (Å²) in [6.45, 7) is 2.50. The number of nitrogens with two attached hydrogens (primary N) is 3. The Morgan fingerprint density at radius 3 is 1.53 bits per heavy atom. The molecule has 62 heavy (non-hydrogen) atoms. The Bertz CT molecular complexity index is 2760. The SMILES string of the molecule is CS(=O)(=O)CCC(c1ccc(-n2cc(-c3ccnc(N)c3N)cn2)nc1)C1COC1.CS(=O)(=O)CCC(c1ccc(-n2cc(-c3ccnc(N)c3[N+](=O)[O-])cn2)nc1)C1COC1. The zero-order valence-electron chi connectivity index (χ0n) is 33.9. The fourth-order valence-corrected chi connectivity index (χ4v) is 8.68. The lowest BCUT2D eigenvalue weighted by atomic mass is 9.83. The van der Waals surface area contributed by atoms with E-state index in [0.717, 1.165) is 22.3 Å². The molecule has 2 atom stereocenters. The topological polar surface area (TPSA) is 295 Å². The van der Waals surface area contributed by atoms with Crippen molar-refractivity contribution >= 4 is 42.7 Å². The first-order valence-electron chi connectivity index (χ1n) is 19.5. The summed E-state index contributed by atoms with van der Waals surface area (Å²) in [6.07, 6.45) is 16.7. The Morgan fingerprint density at radius 1 is 0.677 bits per heavy atom. The molecule has 2 saturated heterocycles. The molecule has 2 unspecified atom stereocenters.